The fourth-order valence-electron chi connectivity index (χ4n) is 2.61. The number of ether oxygens (including phenoxy) is 1. The van der Waals surface area contributed by atoms with Crippen LogP contribution >= 0.6 is 0 Å². The van der Waals surface area contributed by atoms with E-state index in [0.29, 0.717) is 6.54 Å². The number of hydrogen-bond donors (Lipinski definition) is 0. The van der Waals surface area contributed by atoms with Gasteiger partial charge in [0.1, 0.15) is 5.75 Å². The van der Waals surface area contributed by atoms with Gasteiger partial charge >= 0.3 is 5.69 Å². The Morgan fingerprint density at radius 1 is 1.22 bits per heavy atom. The molecule has 4 nitrogen and oxygen atoms in total. The molecule has 0 saturated heterocycles. The Hall–Kier alpha value is -2.23. The highest BCUT2D eigenvalue weighted by Crippen LogP contribution is 2.13. The van der Waals surface area contributed by atoms with Crippen molar-refractivity contribution in [3.63, 3.8) is 0 Å². The van der Waals surface area contributed by atoms with Crippen molar-refractivity contribution < 1.29 is 4.74 Å². The summed E-state index contributed by atoms with van der Waals surface area (Å²) < 4.78 is 8.72. The minimum Gasteiger partial charge on any atom is -0.497 e. The first kappa shape index (κ1) is 17.1. The number of nitrogens with zero attached hydrogens (tertiary/aromatic N) is 2. The van der Waals surface area contributed by atoms with Crippen molar-refractivity contribution in [2.24, 2.45) is 7.05 Å². The summed E-state index contributed by atoms with van der Waals surface area (Å²) in [7, 11) is 3.53. The summed E-state index contributed by atoms with van der Waals surface area (Å²) in [5, 5.41) is 0. The van der Waals surface area contributed by atoms with Crippen LogP contribution < -0.4 is 10.4 Å². The molecular weight excluding hydrogens is 288 g/mol. The van der Waals surface area contributed by atoms with E-state index in [9.17, 15) is 4.79 Å². The van der Waals surface area contributed by atoms with E-state index in [1.54, 1.807) is 16.2 Å². The van der Waals surface area contributed by atoms with Gasteiger partial charge in [0.05, 0.1) is 7.11 Å². The Labute approximate surface area is 138 Å². The zero-order valence-electron chi connectivity index (χ0n) is 14.5. The summed E-state index contributed by atoms with van der Waals surface area (Å²) in [5.41, 5.74) is 3.64. The van der Waals surface area contributed by atoms with E-state index < -0.39 is 0 Å². The van der Waals surface area contributed by atoms with Gasteiger partial charge in [0.2, 0.25) is 0 Å². The van der Waals surface area contributed by atoms with Crippen LogP contribution in [0.25, 0.3) is 0 Å². The predicted octanol–water partition coefficient (Wildman–Crippen LogP) is 3.34. The highest BCUT2D eigenvalue weighted by Gasteiger charge is 2.08. The molecule has 1 heterocycles. The summed E-state index contributed by atoms with van der Waals surface area (Å²) in [6.07, 6.45) is 6.95. The zero-order valence-corrected chi connectivity index (χ0v) is 14.5. The normalized spacial score (nSPS) is 11.7. The van der Waals surface area contributed by atoms with Gasteiger partial charge < -0.3 is 4.74 Å². The quantitative estimate of drug-likeness (QED) is 0.735. The second kappa shape index (κ2) is 7.86. The Balaban J connectivity index is 1.97. The SMILES string of the molecule is C/C=C(\C)Cn1cc(CCCc2ccc(OC)cc2)n(C)c1=O. The molecule has 4 heteroatoms. The van der Waals surface area contributed by atoms with Gasteiger partial charge in [-0.25, -0.2) is 4.79 Å². The summed E-state index contributed by atoms with van der Waals surface area (Å²) in [6.45, 7) is 4.71. The van der Waals surface area contributed by atoms with Crippen molar-refractivity contribution in [1.29, 1.82) is 0 Å². The molecule has 1 aromatic carbocycles. The van der Waals surface area contributed by atoms with Crippen LogP contribution in [0.4, 0.5) is 0 Å². The number of hydrogen-bond acceptors (Lipinski definition) is 2. The second-order valence-corrected chi connectivity index (χ2v) is 5.93. The lowest BCUT2D eigenvalue weighted by Crippen LogP contribution is -2.23. The van der Waals surface area contributed by atoms with Gasteiger partial charge in [0, 0.05) is 25.5 Å². The van der Waals surface area contributed by atoms with Crippen LogP contribution in [0.3, 0.4) is 0 Å². The number of aromatic nitrogens is 2. The maximum absolute atomic E-state index is 12.2. The maximum Gasteiger partial charge on any atom is 0.328 e. The Morgan fingerprint density at radius 2 is 1.91 bits per heavy atom. The topological polar surface area (TPSA) is 36.2 Å². The van der Waals surface area contributed by atoms with Gasteiger partial charge in [0.25, 0.3) is 0 Å². The average molecular weight is 314 g/mol. The number of benzene rings is 1. The largest absolute Gasteiger partial charge is 0.497 e. The predicted molar refractivity (Wildman–Crippen MR) is 94.1 cm³/mol. The van der Waals surface area contributed by atoms with E-state index in [4.69, 9.17) is 4.74 Å². The highest BCUT2D eigenvalue weighted by atomic mass is 16.5. The molecule has 0 amide bonds. The van der Waals surface area contributed by atoms with E-state index in [1.807, 2.05) is 45.3 Å². The van der Waals surface area contributed by atoms with Crippen LogP contribution in [-0.4, -0.2) is 16.2 Å². The zero-order chi connectivity index (χ0) is 16.8. The Bertz CT molecular complexity index is 721. The Kier molecular flexibility index (Phi) is 5.85. The number of aryl methyl sites for hydroxylation is 2. The third-order valence-corrected chi connectivity index (χ3v) is 4.24. The minimum atomic E-state index is 0.0608. The van der Waals surface area contributed by atoms with E-state index in [-0.39, 0.29) is 5.69 Å². The lowest BCUT2D eigenvalue weighted by Gasteiger charge is -2.04. The van der Waals surface area contributed by atoms with Crippen LogP contribution in [0.15, 0.2) is 46.9 Å². The third kappa shape index (κ3) is 4.38. The van der Waals surface area contributed by atoms with Gasteiger partial charge in [0.15, 0.2) is 0 Å². The van der Waals surface area contributed by atoms with E-state index in [2.05, 4.69) is 12.1 Å². The fourth-order valence-corrected chi connectivity index (χ4v) is 2.61. The summed E-state index contributed by atoms with van der Waals surface area (Å²) in [6, 6.07) is 8.17. The van der Waals surface area contributed by atoms with Crippen LogP contribution in [0.1, 0.15) is 31.5 Å². The van der Waals surface area contributed by atoms with Crippen molar-refractivity contribution in [1.82, 2.24) is 9.13 Å². The molecule has 0 aliphatic heterocycles. The van der Waals surface area contributed by atoms with Gasteiger partial charge in [-0.15, -0.1) is 0 Å². The summed E-state index contributed by atoms with van der Waals surface area (Å²) in [5.74, 6) is 0.882. The molecule has 0 radical (unpaired) electrons. The maximum atomic E-state index is 12.2. The second-order valence-electron chi connectivity index (χ2n) is 5.93. The first-order valence-electron chi connectivity index (χ1n) is 8.05. The van der Waals surface area contributed by atoms with E-state index >= 15 is 0 Å². The molecule has 2 rings (SSSR count). The van der Waals surface area contributed by atoms with Gasteiger partial charge in [-0.1, -0.05) is 23.8 Å². The third-order valence-electron chi connectivity index (χ3n) is 4.24. The molecule has 2 aromatic rings. The molecule has 0 fully saturated rings. The van der Waals surface area contributed by atoms with E-state index in [1.165, 1.54) is 11.1 Å². The molecule has 0 unspecified atom stereocenters. The van der Waals surface area contributed by atoms with E-state index in [0.717, 1.165) is 30.7 Å². The van der Waals surface area contributed by atoms with Gasteiger partial charge in [-0.3, -0.25) is 9.13 Å². The molecule has 0 saturated carbocycles. The molecule has 0 aliphatic rings. The van der Waals surface area contributed by atoms with Crippen molar-refractivity contribution in [2.75, 3.05) is 7.11 Å². The van der Waals surface area contributed by atoms with Crippen LogP contribution in [0.5, 0.6) is 5.75 Å². The molecule has 0 atom stereocenters. The number of imidazole rings is 1. The fraction of sp³-hybridized carbons (Fsp3) is 0.421. The summed E-state index contributed by atoms with van der Waals surface area (Å²) in [4.78, 5) is 12.2. The van der Waals surface area contributed by atoms with Crippen molar-refractivity contribution in [3.05, 3.63) is 63.9 Å². The Morgan fingerprint density at radius 3 is 2.52 bits per heavy atom. The molecule has 0 N–H and O–H groups in total. The van der Waals surface area contributed by atoms with Crippen molar-refractivity contribution in [3.8, 4) is 5.75 Å². The number of methoxy groups -OCH3 is 1. The average Bonchev–Trinajstić information content (AvgIpc) is 2.83. The lowest BCUT2D eigenvalue weighted by molar-refractivity contribution is 0.414. The molecule has 0 aliphatic carbocycles. The van der Waals surface area contributed by atoms with Gasteiger partial charge in [-0.05, 0) is 50.8 Å². The van der Waals surface area contributed by atoms with Crippen LogP contribution in [0, 0.1) is 0 Å². The van der Waals surface area contributed by atoms with Crippen LogP contribution in [0.2, 0.25) is 0 Å². The first-order valence-corrected chi connectivity index (χ1v) is 8.05. The van der Waals surface area contributed by atoms with Gasteiger partial charge in [-0.2, -0.15) is 0 Å². The standard InChI is InChI=1S/C19H26N2O2/c1-5-15(2)13-21-14-17(20(3)19(21)22)8-6-7-16-9-11-18(23-4)12-10-16/h5,9-12,14H,6-8,13H2,1-4H3/b15-5+. The highest BCUT2D eigenvalue weighted by molar-refractivity contribution is 5.27. The number of rotatable bonds is 7. The monoisotopic (exact) mass is 314 g/mol. The first-order chi connectivity index (χ1) is 11.0. The molecule has 23 heavy (non-hydrogen) atoms. The minimum absolute atomic E-state index is 0.0608. The molecule has 124 valence electrons. The molecular formula is C19H26N2O2. The number of allylic oxidation sites excluding steroid dienone is 2. The smallest absolute Gasteiger partial charge is 0.328 e. The van der Waals surface area contributed by atoms with Crippen LogP contribution in [-0.2, 0) is 26.4 Å². The molecule has 1 aromatic heterocycles. The van der Waals surface area contributed by atoms with Crippen molar-refractivity contribution in [2.45, 2.75) is 39.7 Å². The molecule has 0 spiro atoms. The van der Waals surface area contributed by atoms with Crippen molar-refractivity contribution >= 4 is 0 Å². The summed E-state index contributed by atoms with van der Waals surface area (Å²) >= 11 is 0. The molecule has 0 bridgehead atoms. The lowest BCUT2D eigenvalue weighted by atomic mass is 10.1.